The summed E-state index contributed by atoms with van der Waals surface area (Å²) < 4.78 is 13.7. The standard InChI is InChI=1S/C17H18ClFN4O/c18-13-4-5-14(19)15(11-13)21-17(24)12-22-7-9-23(10-8-22)16-3-1-2-6-20-16/h1-6,11H,7-10,12H2,(H,21,24)/p+2. The molecule has 0 atom stereocenters. The number of aromatic amines is 1. The third kappa shape index (κ3) is 4.21. The first-order valence-electron chi connectivity index (χ1n) is 7.92. The van der Waals surface area contributed by atoms with E-state index in [0.29, 0.717) is 11.6 Å². The van der Waals surface area contributed by atoms with E-state index in [1.165, 1.54) is 23.1 Å². The molecule has 2 aromatic rings. The number of H-pyrrole nitrogens is 1. The Hall–Kier alpha value is -2.18. The van der Waals surface area contributed by atoms with Gasteiger partial charge in [0, 0.05) is 11.1 Å². The van der Waals surface area contributed by atoms with E-state index in [9.17, 15) is 9.18 Å². The van der Waals surface area contributed by atoms with Gasteiger partial charge in [-0.25, -0.2) is 9.37 Å². The highest BCUT2D eigenvalue weighted by molar-refractivity contribution is 6.30. The molecule has 0 bridgehead atoms. The van der Waals surface area contributed by atoms with Crippen LogP contribution >= 0.6 is 11.6 Å². The number of rotatable bonds is 4. The Morgan fingerprint density at radius 3 is 2.79 bits per heavy atom. The molecule has 126 valence electrons. The third-order valence-corrected chi connectivity index (χ3v) is 4.35. The van der Waals surface area contributed by atoms with Gasteiger partial charge in [-0.15, -0.1) is 0 Å². The first-order valence-corrected chi connectivity index (χ1v) is 8.30. The molecule has 0 aliphatic carbocycles. The van der Waals surface area contributed by atoms with Crippen molar-refractivity contribution in [2.45, 2.75) is 0 Å². The number of carbonyl (C=O) groups is 1. The van der Waals surface area contributed by atoms with Crippen molar-refractivity contribution in [1.82, 2.24) is 0 Å². The number of carbonyl (C=O) groups excluding carboxylic acids is 1. The Labute approximate surface area is 145 Å². The average Bonchev–Trinajstić information content (AvgIpc) is 2.59. The second-order valence-corrected chi connectivity index (χ2v) is 6.27. The molecular weight excluding hydrogens is 331 g/mol. The minimum atomic E-state index is -0.479. The second kappa shape index (κ2) is 7.59. The number of amides is 1. The van der Waals surface area contributed by atoms with Crippen LogP contribution in [0.4, 0.5) is 15.9 Å². The predicted molar refractivity (Wildman–Crippen MR) is 90.8 cm³/mol. The maximum absolute atomic E-state index is 13.7. The number of pyridine rings is 1. The summed E-state index contributed by atoms with van der Waals surface area (Å²) in [6.45, 7) is 3.77. The van der Waals surface area contributed by atoms with Crippen molar-refractivity contribution in [3.63, 3.8) is 0 Å². The van der Waals surface area contributed by atoms with Gasteiger partial charge in [0.25, 0.3) is 11.7 Å². The summed E-state index contributed by atoms with van der Waals surface area (Å²) in [5.74, 6) is 0.403. The summed E-state index contributed by atoms with van der Waals surface area (Å²) >= 11 is 5.83. The minimum Gasteiger partial charge on any atom is -0.321 e. The fourth-order valence-electron chi connectivity index (χ4n) is 2.84. The number of benzene rings is 1. The number of halogens is 2. The number of hydrogen-bond acceptors (Lipinski definition) is 2. The number of piperazine rings is 1. The van der Waals surface area contributed by atoms with E-state index in [-0.39, 0.29) is 11.6 Å². The average molecular weight is 351 g/mol. The van der Waals surface area contributed by atoms with Gasteiger partial charge in [0.1, 0.15) is 32.0 Å². The van der Waals surface area contributed by atoms with Crippen LogP contribution in [0.5, 0.6) is 0 Å². The molecule has 0 radical (unpaired) electrons. The van der Waals surface area contributed by atoms with Crippen LogP contribution in [0.3, 0.4) is 0 Å². The molecule has 1 amide bonds. The van der Waals surface area contributed by atoms with E-state index in [1.807, 2.05) is 24.4 Å². The summed E-state index contributed by atoms with van der Waals surface area (Å²) in [5.41, 5.74) is 0.129. The lowest BCUT2D eigenvalue weighted by atomic mass is 10.2. The molecule has 0 spiro atoms. The summed E-state index contributed by atoms with van der Waals surface area (Å²) in [6, 6.07) is 10.1. The Morgan fingerprint density at radius 2 is 2.08 bits per heavy atom. The van der Waals surface area contributed by atoms with Crippen molar-refractivity contribution >= 4 is 29.0 Å². The van der Waals surface area contributed by atoms with Crippen LogP contribution in [-0.2, 0) is 4.79 Å². The van der Waals surface area contributed by atoms with E-state index in [1.54, 1.807) is 0 Å². The Balaban J connectivity index is 1.51. The third-order valence-electron chi connectivity index (χ3n) is 4.12. The Morgan fingerprint density at radius 1 is 1.29 bits per heavy atom. The summed E-state index contributed by atoms with van der Waals surface area (Å²) in [6.07, 6.45) is 1.90. The molecule has 2 heterocycles. The molecule has 3 rings (SSSR count). The first kappa shape index (κ1) is 16.7. The van der Waals surface area contributed by atoms with Crippen molar-refractivity contribution in [2.75, 3.05) is 42.9 Å². The lowest BCUT2D eigenvalue weighted by Gasteiger charge is -2.27. The molecule has 7 heteroatoms. The molecule has 24 heavy (non-hydrogen) atoms. The number of hydrogen-bond donors (Lipinski definition) is 2. The number of nitrogens with one attached hydrogen (secondary N) is 3. The quantitative estimate of drug-likeness (QED) is 0.850. The Kier molecular flexibility index (Phi) is 5.27. The van der Waals surface area contributed by atoms with Crippen molar-refractivity contribution in [3.05, 3.63) is 53.4 Å². The van der Waals surface area contributed by atoms with Crippen LogP contribution < -0.4 is 20.1 Å². The molecule has 3 N–H and O–H groups in total. The molecule has 1 aliphatic rings. The lowest BCUT2D eigenvalue weighted by molar-refractivity contribution is -0.892. The van der Waals surface area contributed by atoms with Crippen LogP contribution in [0.1, 0.15) is 0 Å². The highest BCUT2D eigenvalue weighted by atomic mass is 35.5. The smallest absolute Gasteiger partial charge is 0.279 e. The zero-order valence-corrected chi connectivity index (χ0v) is 13.9. The maximum atomic E-state index is 13.7. The topological polar surface area (TPSA) is 50.9 Å². The van der Waals surface area contributed by atoms with Crippen molar-refractivity contribution in [1.29, 1.82) is 0 Å². The van der Waals surface area contributed by atoms with Gasteiger partial charge in [-0.2, -0.15) is 0 Å². The van der Waals surface area contributed by atoms with E-state index >= 15 is 0 Å². The van der Waals surface area contributed by atoms with E-state index in [4.69, 9.17) is 11.6 Å². The normalized spacial score (nSPS) is 15.3. The van der Waals surface area contributed by atoms with Crippen LogP contribution in [0.15, 0.2) is 42.6 Å². The number of aromatic nitrogens is 1. The SMILES string of the molecule is O=C(C[NH+]1CCN(c2cccc[nH+]2)CC1)Nc1cc(Cl)ccc1F. The minimum absolute atomic E-state index is 0.129. The summed E-state index contributed by atoms with van der Waals surface area (Å²) in [4.78, 5) is 18.8. The molecule has 1 aliphatic heterocycles. The zero-order valence-electron chi connectivity index (χ0n) is 13.2. The molecule has 5 nitrogen and oxygen atoms in total. The zero-order chi connectivity index (χ0) is 16.9. The highest BCUT2D eigenvalue weighted by Gasteiger charge is 2.27. The van der Waals surface area contributed by atoms with E-state index in [2.05, 4.69) is 15.2 Å². The predicted octanol–water partition coefficient (Wildman–Crippen LogP) is 0.637. The van der Waals surface area contributed by atoms with Crippen LogP contribution in [-0.4, -0.2) is 38.6 Å². The fraction of sp³-hybridized carbons (Fsp3) is 0.294. The van der Waals surface area contributed by atoms with Crippen LogP contribution in [0.2, 0.25) is 5.02 Å². The number of quaternary nitrogens is 1. The van der Waals surface area contributed by atoms with Gasteiger partial charge in [-0.1, -0.05) is 17.7 Å². The molecular formula is C17H20ClFN4O+2. The lowest BCUT2D eigenvalue weighted by Crippen LogP contribution is -3.15. The van der Waals surface area contributed by atoms with Crippen LogP contribution in [0.25, 0.3) is 0 Å². The van der Waals surface area contributed by atoms with Gasteiger partial charge < -0.3 is 10.2 Å². The van der Waals surface area contributed by atoms with Crippen molar-refractivity contribution in [2.24, 2.45) is 0 Å². The van der Waals surface area contributed by atoms with Gasteiger partial charge in [0.15, 0.2) is 6.54 Å². The van der Waals surface area contributed by atoms with Crippen molar-refractivity contribution in [3.8, 4) is 0 Å². The number of nitrogens with zero attached hydrogens (tertiary/aromatic N) is 1. The molecule has 0 saturated carbocycles. The molecule has 0 unspecified atom stereocenters. The number of anilines is 2. The van der Waals surface area contributed by atoms with Crippen LogP contribution in [0, 0.1) is 5.82 Å². The Bertz CT molecular complexity index is 705. The van der Waals surface area contributed by atoms with E-state index < -0.39 is 5.82 Å². The van der Waals surface area contributed by atoms with Gasteiger partial charge in [-0.05, 0) is 24.3 Å². The molecule has 1 aromatic heterocycles. The molecule has 1 saturated heterocycles. The van der Waals surface area contributed by atoms with Gasteiger partial charge >= 0.3 is 0 Å². The molecule has 1 fully saturated rings. The largest absolute Gasteiger partial charge is 0.321 e. The molecule has 1 aromatic carbocycles. The summed E-state index contributed by atoms with van der Waals surface area (Å²) in [7, 11) is 0. The summed E-state index contributed by atoms with van der Waals surface area (Å²) in [5, 5.41) is 3.00. The fourth-order valence-corrected chi connectivity index (χ4v) is 3.01. The first-order chi connectivity index (χ1) is 11.6. The van der Waals surface area contributed by atoms with Gasteiger partial charge in [-0.3, -0.25) is 9.69 Å². The van der Waals surface area contributed by atoms with E-state index in [0.717, 1.165) is 32.0 Å². The second-order valence-electron chi connectivity index (χ2n) is 5.83. The maximum Gasteiger partial charge on any atom is 0.279 e. The highest BCUT2D eigenvalue weighted by Crippen LogP contribution is 2.19. The van der Waals surface area contributed by atoms with Crippen molar-refractivity contribution < 1.29 is 19.1 Å². The van der Waals surface area contributed by atoms with Gasteiger partial charge in [0.05, 0.1) is 11.9 Å². The monoisotopic (exact) mass is 350 g/mol. The van der Waals surface area contributed by atoms with Gasteiger partial charge in [0.2, 0.25) is 0 Å².